The number of carbonyl (C=O) groups is 3. The number of carboxylic acid groups (broad SMARTS) is 2. The Labute approximate surface area is 297 Å². The molecule has 1 heterocycles. The summed E-state index contributed by atoms with van der Waals surface area (Å²) in [6.07, 6.45) is 10.6. The minimum atomic E-state index is -1.15. The quantitative estimate of drug-likeness (QED) is 0.175. The normalized spacial score (nSPS) is 40.7. The molecule has 0 spiro atoms. The van der Waals surface area contributed by atoms with E-state index in [0.717, 1.165) is 56.2 Å². The number of hydrogen-bond acceptors (Lipinski definition) is 5. The van der Waals surface area contributed by atoms with Crippen molar-refractivity contribution in [2.24, 2.45) is 62.1 Å². The van der Waals surface area contributed by atoms with Gasteiger partial charge >= 0.3 is 17.9 Å². The molecule has 5 saturated carbocycles. The van der Waals surface area contributed by atoms with Gasteiger partial charge in [-0.15, -0.1) is 11.3 Å². The molecule has 10 atom stereocenters. The summed E-state index contributed by atoms with van der Waals surface area (Å²) in [6, 6.07) is 3.54. The zero-order valence-corrected chi connectivity index (χ0v) is 31.9. The van der Waals surface area contributed by atoms with Gasteiger partial charge in [0.15, 0.2) is 0 Å². The van der Waals surface area contributed by atoms with Crippen LogP contribution in [-0.2, 0) is 14.3 Å². The molecule has 0 radical (unpaired) electrons. The van der Waals surface area contributed by atoms with Crippen molar-refractivity contribution in [3.05, 3.63) is 34.0 Å². The highest BCUT2D eigenvalue weighted by atomic mass is 32.1. The number of aliphatic carboxylic acids is 1. The molecule has 2 N–H and O–H groups in total. The van der Waals surface area contributed by atoms with E-state index in [0.29, 0.717) is 34.5 Å². The molecule has 6 nitrogen and oxygen atoms in total. The van der Waals surface area contributed by atoms with Crippen LogP contribution in [-0.4, -0.2) is 34.2 Å². The standard InChI is InChI=1S/C42H58O6S/c1-25(2)27-15-21-42(20-14-26-10-12-29(49-26)35(44)45)23-22-40(8)28(34(27)42)11-13-31-39(7)18-17-32(48-33(43)24-37(3,4)36(46)47)38(5,6)30(39)16-19-41(31,40)9/h10,12,27-28,30-32,34H,1,11,13,15-19,21-24H2,2-9H3,(H,44,45)(H,46,47)/t27-,28?,30?,31?,32-,34?,39-,40+,41+,42+/m0/s1. The zero-order valence-electron chi connectivity index (χ0n) is 31.0. The summed E-state index contributed by atoms with van der Waals surface area (Å²) in [6.45, 7) is 22.3. The molecule has 0 aliphatic heterocycles. The largest absolute Gasteiger partial charge is 0.481 e. The fourth-order valence-electron chi connectivity index (χ4n) is 12.9. The van der Waals surface area contributed by atoms with Gasteiger partial charge in [-0.1, -0.05) is 58.6 Å². The first-order valence-corrected chi connectivity index (χ1v) is 19.5. The molecule has 5 aliphatic carbocycles. The molecule has 49 heavy (non-hydrogen) atoms. The van der Waals surface area contributed by atoms with Crippen molar-refractivity contribution >= 4 is 29.2 Å². The first-order chi connectivity index (χ1) is 22.7. The Kier molecular flexibility index (Phi) is 8.86. The van der Waals surface area contributed by atoms with Crippen LogP contribution < -0.4 is 0 Å². The summed E-state index contributed by atoms with van der Waals surface area (Å²) >= 11 is 1.28. The van der Waals surface area contributed by atoms with Gasteiger partial charge in [-0.3, -0.25) is 9.59 Å². The van der Waals surface area contributed by atoms with E-state index in [2.05, 4.69) is 60.0 Å². The molecule has 7 heteroatoms. The van der Waals surface area contributed by atoms with Gasteiger partial charge in [0.05, 0.1) is 16.7 Å². The monoisotopic (exact) mass is 690 g/mol. The Bertz CT molecular complexity index is 1610. The molecule has 6 rings (SSSR count). The van der Waals surface area contributed by atoms with Crippen LogP contribution in [0.3, 0.4) is 0 Å². The van der Waals surface area contributed by atoms with E-state index in [9.17, 15) is 24.6 Å². The van der Waals surface area contributed by atoms with E-state index in [1.54, 1.807) is 19.9 Å². The lowest BCUT2D eigenvalue weighted by Crippen LogP contribution is -2.66. The van der Waals surface area contributed by atoms with E-state index in [1.165, 1.54) is 29.8 Å². The van der Waals surface area contributed by atoms with Crippen molar-refractivity contribution < 1.29 is 29.3 Å². The van der Waals surface area contributed by atoms with Gasteiger partial charge in [-0.05, 0) is 143 Å². The van der Waals surface area contributed by atoms with Gasteiger partial charge < -0.3 is 14.9 Å². The smallest absolute Gasteiger partial charge is 0.345 e. The van der Waals surface area contributed by atoms with Crippen molar-refractivity contribution in [1.82, 2.24) is 0 Å². The predicted octanol–water partition coefficient (Wildman–Crippen LogP) is 9.87. The first-order valence-electron chi connectivity index (χ1n) is 18.7. The average molecular weight is 691 g/mol. The number of allylic oxidation sites excluding steroid dienone is 1. The summed E-state index contributed by atoms with van der Waals surface area (Å²) in [4.78, 5) is 37.5. The Hall–Kier alpha value is -2.59. The van der Waals surface area contributed by atoms with Crippen molar-refractivity contribution in [2.75, 3.05) is 0 Å². The van der Waals surface area contributed by atoms with E-state index in [4.69, 9.17) is 4.74 Å². The van der Waals surface area contributed by atoms with Crippen LogP contribution in [0.1, 0.15) is 141 Å². The van der Waals surface area contributed by atoms with Gasteiger partial charge in [0, 0.05) is 10.8 Å². The third kappa shape index (κ3) is 5.53. The summed E-state index contributed by atoms with van der Waals surface area (Å²) in [7, 11) is 0. The highest BCUT2D eigenvalue weighted by Crippen LogP contribution is 2.77. The fraction of sp³-hybridized carbons (Fsp3) is 0.738. The topological polar surface area (TPSA) is 101 Å². The van der Waals surface area contributed by atoms with Crippen molar-refractivity contribution in [2.45, 2.75) is 132 Å². The number of aromatic carboxylic acids is 1. The van der Waals surface area contributed by atoms with E-state index >= 15 is 0 Å². The van der Waals surface area contributed by atoms with Crippen LogP contribution in [0.15, 0.2) is 24.3 Å². The van der Waals surface area contributed by atoms with E-state index in [-0.39, 0.29) is 39.6 Å². The second kappa shape index (κ2) is 12.0. The minimum absolute atomic E-state index is 0.0649. The molecule has 1 aromatic rings. The lowest BCUT2D eigenvalue weighted by atomic mass is 9.32. The molecule has 5 fully saturated rings. The maximum Gasteiger partial charge on any atom is 0.345 e. The summed E-state index contributed by atoms with van der Waals surface area (Å²) in [5.41, 5.74) is 0.351. The van der Waals surface area contributed by atoms with Crippen LogP contribution in [0, 0.1) is 73.9 Å². The van der Waals surface area contributed by atoms with Crippen LogP contribution >= 0.6 is 11.3 Å². The van der Waals surface area contributed by atoms with Gasteiger partial charge in [0.2, 0.25) is 0 Å². The van der Waals surface area contributed by atoms with Crippen LogP contribution in [0.5, 0.6) is 0 Å². The molecule has 0 amide bonds. The fourth-order valence-corrected chi connectivity index (χ4v) is 13.6. The van der Waals surface area contributed by atoms with Crippen LogP contribution in [0.25, 0.3) is 0 Å². The van der Waals surface area contributed by atoms with Gasteiger partial charge in [-0.2, -0.15) is 0 Å². The second-order valence-electron chi connectivity index (χ2n) is 18.8. The number of rotatable bonds is 6. The number of fused-ring (bicyclic) bond motifs is 7. The van der Waals surface area contributed by atoms with Crippen molar-refractivity contribution in [3.63, 3.8) is 0 Å². The Morgan fingerprint density at radius 1 is 0.918 bits per heavy atom. The average Bonchev–Trinajstić information content (AvgIpc) is 3.64. The lowest BCUT2D eigenvalue weighted by Gasteiger charge is -2.72. The van der Waals surface area contributed by atoms with Crippen LogP contribution in [0.2, 0.25) is 0 Å². The Morgan fingerprint density at radius 3 is 2.27 bits per heavy atom. The van der Waals surface area contributed by atoms with Crippen molar-refractivity contribution in [3.8, 4) is 11.8 Å². The SMILES string of the molecule is C=C(C)[C@@H]1CC[C@]2(C#Cc3ccc(C(=O)O)s3)CC[C@]3(C)C(CCC4[C@@]5(C)CC[C@H](OC(=O)CC(C)(C)C(=O)O)C(C)(C)C5CC[C@]43C)C12. The number of thiophene rings is 1. The third-order valence-electron chi connectivity index (χ3n) is 15.7. The van der Waals surface area contributed by atoms with Gasteiger partial charge in [-0.25, -0.2) is 4.79 Å². The molecule has 1 aromatic heterocycles. The molecular formula is C42H58O6S. The maximum atomic E-state index is 13.1. The summed E-state index contributed by atoms with van der Waals surface area (Å²) in [5, 5.41) is 19.1. The predicted molar refractivity (Wildman–Crippen MR) is 193 cm³/mol. The number of carbonyl (C=O) groups excluding carboxylic acids is 1. The van der Waals surface area contributed by atoms with Gasteiger partial charge in [0.1, 0.15) is 11.0 Å². The number of ether oxygens (including phenoxy) is 1. The maximum absolute atomic E-state index is 13.1. The molecule has 0 aromatic carbocycles. The Balaban J connectivity index is 1.28. The highest BCUT2D eigenvalue weighted by Gasteiger charge is 2.71. The second-order valence-corrected chi connectivity index (χ2v) is 19.8. The molecule has 4 unspecified atom stereocenters. The Morgan fingerprint density at radius 2 is 1.63 bits per heavy atom. The number of hydrogen-bond donors (Lipinski definition) is 2. The van der Waals surface area contributed by atoms with Crippen molar-refractivity contribution in [1.29, 1.82) is 0 Å². The summed E-state index contributed by atoms with van der Waals surface area (Å²) in [5.74, 6) is 7.52. The summed E-state index contributed by atoms with van der Waals surface area (Å²) < 4.78 is 6.16. The lowest BCUT2D eigenvalue weighted by molar-refractivity contribution is -0.247. The molecule has 0 bridgehead atoms. The molecule has 268 valence electrons. The molecular weight excluding hydrogens is 633 g/mol. The number of carboxylic acids is 2. The van der Waals surface area contributed by atoms with E-state index < -0.39 is 23.3 Å². The number of esters is 1. The zero-order chi connectivity index (χ0) is 35.9. The minimum Gasteiger partial charge on any atom is -0.481 e. The van der Waals surface area contributed by atoms with Crippen LogP contribution in [0.4, 0.5) is 0 Å². The first kappa shape index (κ1) is 36.2. The van der Waals surface area contributed by atoms with Gasteiger partial charge in [0.25, 0.3) is 0 Å². The molecule has 0 saturated heterocycles. The third-order valence-corrected chi connectivity index (χ3v) is 16.7. The van der Waals surface area contributed by atoms with E-state index in [1.807, 2.05) is 6.07 Å². The highest BCUT2D eigenvalue weighted by molar-refractivity contribution is 7.14. The molecule has 5 aliphatic rings.